The highest BCUT2D eigenvalue weighted by atomic mass is 32.2. The molecule has 0 aliphatic rings. The maximum absolute atomic E-state index is 11.3. The summed E-state index contributed by atoms with van der Waals surface area (Å²) in [5.74, 6) is 0.416. The second-order valence-electron chi connectivity index (χ2n) is 2.42. The Morgan fingerprint density at radius 1 is 1.43 bits per heavy atom. The number of methoxy groups -OCH3 is 1. The molecule has 1 aromatic rings. The fraction of sp³-hybridized carbons (Fsp3) is 0.125. The van der Waals surface area contributed by atoms with Gasteiger partial charge in [0.2, 0.25) is 6.41 Å². The molecule has 0 heterocycles. The third-order valence-corrected chi connectivity index (χ3v) is 2.84. The lowest BCUT2D eigenvalue weighted by atomic mass is 10.3. The monoisotopic (exact) mass is 215 g/mol. The van der Waals surface area contributed by atoms with Gasteiger partial charge in [-0.15, -0.1) is 0 Å². The summed E-state index contributed by atoms with van der Waals surface area (Å²) in [5, 5.41) is 0. The van der Waals surface area contributed by atoms with Crippen LogP contribution in [0.4, 0.5) is 0 Å². The van der Waals surface area contributed by atoms with Gasteiger partial charge in [0.15, 0.2) is 0 Å². The van der Waals surface area contributed by atoms with Crippen LogP contribution in [0, 0.1) is 0 Å². The zero-order valence-corrected chi connectivity index (χ0v) is 8.24. The van der Waals surface area contributed by atoms with Crippen molar-refractivity contribution in [3.63, 3.8) is 0 Å². The zero-order valence-electron chi connectivity index (χ0n) is 7.43. The lowest BCUT2D eigenvalue weighted by Gasteiger charge is -2.04. The number of sulfonamides is 1. The minimum atomic E-state index is -3.74. The largest absolute Gasteiger partial charge is 0.497 e. The van der Waals surface area contributed by atoms with E-state index < -0.39 is 10.0 Å². The third-order valence-electron chi connectivity index (χ3n) is 1.55. The summed E-state index contributed by atoms with van der Waals surface area (Å²) < 4.78 is 29.2. The number of nitrogens with one attached hydrogen (secondary N) is 1. The van der Waals surface area contributed by atoms with Gasteiger partial charge in [0, 0.05) is 6.07 Å². The number of ether oxygens (including phenoxy) is 1. The van der Waals surface area contributed by atoms with Gasteiger partial charge in [0.1, 0.15) is 5.75 Å². The molecular weight excluding hydrogens is 206 g/mol. The van der Waals surface area contributed by atoms with Crippen LogP contribution in [-0.4, -0.2) is 21.9 Å². The average Bonchev–Trinajstić information content (AvgIpc) is 2.18. The predicted molar refractivity (Wildman–Crippen MR) is 49.4 cm³/mol. The lowest BCUT2D eigenvalue weighted by Crippen LogP contribution is -2.21. The summed E-state index contributed by atoms with van der Waals surface area (Å²) in [7, 11) is -2.31. The fourth-order valence-electron chi connectivity index (χ4n) is 0.900. The Morgan fingerprint density at radius 2 is 2.14 bits per heavy atom. The normalized spacial score (nSPS) is 10.6. The second kappa shape index (κ2) is 4.10. The van der Waals surface area contributed by atoms with Crippen molar-refractivity contribution in [2.24, 2.45) is 0 Å². The van der Waals surface area contributed by atoms with Gasteiger partial charge in [-0.2, -0.15) is 0 Å². The highest BCUT2D eigenvalue weighted by molar-refractivity contribution is 7.90. The molecule has 5 nitrogen and oxygen atoms in total. The molecule has 0 saturated heterocycles. The molecule has 0 spiro atoms. The molecule has 6 heteroatoms. The van der Waals surface area contributed by atoms with Crippen molar-refractivity contribution < 1.29 is 17.9 Å². The first-order valence-electron chi connectivity index (χ1n) is 3.70. The summed E-state index contributed by atoms with van der Waals surface area (Å²) in [6.45, 7) is 0. The molecule has 0 saturated carbocycles. The molecule has 14 heavy (non-hydrogen) atoms. The minimum Gasteiger partial charge on any atom is -0.497 e. The Balaban J connectivity index is 3.12. The molecule has 1 amide bonds. The number of carbonyl (C=O) groups excluding carboxylic acids is 1. The zero-order chi connectivity index (χ0) is 10.6. The second-order valence-corrected chi connectivity index (χ2v) is 4.13. The van der Waals surface area contributed by atoms with Crippen LogP contribution >= 0.6 is 0 Å². The van der Waals surface area contributed by atoms with E-state index in [9.17, 15) is 13.2 Å². The molecule has 1 aromatic carbocycles. The van der Waals surface area contributed by atoms with Crippen molar-refractivity contribution in [3.8, 4) is 5.75 Å². The molecular formula is C8H9NO4S. The van der Waals surface area contributed by atoms with E-state index in [0.29, 0.717) is 5.75 Å². The van der Waals surface area contributed by atoms with E-state index >= 15 is 0 Å². The maximum Gasteiger partial charge on any atom is 0.263 e. The molecule has 1 rings (SSSR count). The standard InChI is InChI=1S/C8H9NO4S/c1-13-7-3-2-4-8(5-7)14(11,12)9-6-10/h2-6H,1H3,(H,9,10). The van der Waals surface area contributed by atoms with Crippen molar-refractivity contribution in [2.75, 3.05) is 7.11 Å². The summed E-state index contributed by atoms with van der Waals surface area (Å²) in [6, 6.07) is 5.83. The van der Waals surface area contributed by atoms with Gasteiger partial charge in [-0.05, 0) is 12.1 Å². The van der Waals surface area contributed by atoms with Crippen molar-refractivity contribution in [1.82, 2.24) is 4.72 Å². The number of rotatable bonds is 4. The van der Waals surface area contributed by atoms with Gasteiger partial charge >= 0.3 is 0 Å². The van der Waals surface area contributed by atoms with E-state index in [1.54, 1.807) is 10.8 Å². The quantitative estimate of drug-likeness (QED) is 0.724. The number of amides is 1. The van der Waals surface area contributed by atoms with Crippen molar-refractivity contribution in [1.29, 1.82) is 0 Å². The first-order valence-corrected chi connectivity index (χ1v) is 5.18. The van der Waals surface area contributed by atoms with E-state index in [2.05, 4.69) is 0 Å². The molecule has 1 N–H and O–H groups in total. The Kier molecular flexibility index (Phi) is 3.08. The van der Waals surface area contributed by atoms with Gasteiger partial charge in [0.25, 0.3) is 10.0 Å². The van der Waals surface area contributed by atoms with Crippen molar-refractivity contribution >= 4 is 16.4 Å². The van der Waals surface area contributed by atoms with Crippen LogP contribution in [0.2, 0.25) is 0 Å². The molecule has 0 atom stereocenters. The first kappa shape index (κ1) is 10.5. The van der Waals surface area contributed by atoms with E-state index in [4.69, 9.17) is 4.74 Å². The van der Waals surface area contributed by atoms with Crippen LogP contribution in [0.15, 0.2) is 29.2 Å². The number of hydrogen-bond acceptors (Lipinski definition) is 4. The summed E-state index contributed by atoms with van der Waals surface area (Å²) in [4.78, 5) is 10.0. The predicted octanol–water partition coefficient (Wildman–Crippen LogP) is 0.130. The fourth-order valence-corrected chi connectivity index (χ4v) is 1.69. The Morgan fingerprint density at radius 3 is 2.71 bits per heavy atom. The number of carbonyl (C=O) groups is 1. The molecule has 0 fully saturated rings. The first-order chi connectivity index (χ1) is 6.60. The summed E-state index contributed by atoms with van der Waals surface area (Å²) >= 11 is 0. The molecule has 0 radical (unpaired) electrons. The van der Waals surface area contributed by atoms with E-state index in [0.717, 1.165) is 0 Å². The van der Waals surface area contributed by atoms with Crippen LogP contribution < -0.4 is 9.46 Å². The van der Waals surface area contributed by atoms with Crippen LogP contribution in [0.25, 0.3) is 0 Å². The summed E-state index contributed by atoms with van der Waals surface area (Å²) in [5.41, 5.74) is 0. The average molecular weight is 215 g/mol. The minimum absolute atomic E-state index is 0.0102. The van der Waals surface area contributed by atoms with Crippen LogP contribution in [0.1, 0.15) is 0 Å². The SMILES string of the molecule is COc1cccc(S(=O)(=O)NC=O)c1. The van der Waals surface area contributed by atoms with Gasteiger partial charge in [0.05, 0.1) is 12.0 Å². The number of hydrogen-bond donors (Lipinski definition) is 1. The molecule has 0 unspecified atom stereocenters. The van der Waals surface area contributed by atoms with E-state index in [1.165, 1.54) is 25.3 Å². The highest BCUT2D eigenvalue weighted by Crippen LogP contribution is 2.16. The van der Waals surface area contributed by atoms with Crippen molar-refractivity contribution in [3.05, 3.63) is 24.3 Å². The molecule has 76 valence electrons. The van der Waals surface area contributed by atoms with Crippen LogP contribution in [0.3, 0.4) is 0 Å². The van der Waals surface area contributed by atoms with Crippen molar-refractivity contribution in [2.45, 2.75) is 4.90 Å². The van der Waals surface area contributed by atoms with Gasteiger partial charge in [-0.25, -0.2) is 8.42 Å². The summed E-state index contributed by atoms with van der Waals surface area (Å²) in [6.07, 6.45) is 0.120. The molecule has 0 aliphatic carbocycles. The van der Waals surface area contributed by atoms with Crippen LogP contribution in [-0.2, 0) is 14.8 Å². The van der Waals surface area contributed by atoms with E-state index in [-0.39, 0.29) is 11.3 Å². The third kappa shape index (κ3) is 2.23. The Bertz CT molecular complexity index is 427. The van der Waals surface area contributed by atoms with Gasteiger partial charge < -0.3 is 4.74 Å². The van der Waals surface area contributed by atoms with Gasteiger partial charge in [-0.1, -0.05) is 6.07 Å². The highest BCUT2D eigenvalue weighted by Gasteiger charge is 2.12. The molecule has 0 aliphatic heterocycles. The van der Waals surface area contributed by atoms with Crippen LogP contribution in [0.5, 0.6) is 5.75 Å². The Labute approximate surface area is 81.7 Å². The Hall–Kier alpha value is -1.56. The maximum atomic E-state index is 11.3. The number of benzene rings is 1. The molecule has 0 aromatic heterocycles. The molecule has 0 bridgehead atoms. The lowest BCUT2D eigenvalue weighted by molar-refractivity contribution is -0.108. The van der Waals surface area contributed by atoms with E-state index in [1.807, 2.05) is 0 Å². The smallest absolute Gasteiger partial charge is 0.263 e. The topological polar surface area (TPSA) is 72.5 Å². The van der Waals surface area contributed by atoms with Gasteiger partial charge in [-0.3, -0.25) is 9.52 Å².